The molecule has 0 saturated carbocycles. The SMILES string of the molecule is CC(=O)NCCNC(=O)CNC(C)c1ccc(Cl)cc1Cl. The molecule has 0 heterocycles. The molecule has 7 heteroatoms. The van der Waals surface area contributed by atoms with Crippen molar-refractivity contribution in [2.45, 2.75) is 19.9 Å². The van der Waals surface area contributed by atoms with Gasteiger partial charge in [-0.1, -0.05) is 29.3 Å². The van der Waals surface area contributed by atoms with Gasteiger partial charge in [-0.3, -0.25) is 9.59 Å². The summed E-state index contributed by atoms with van der Waals surface area (Å²) < 4.78 is 0. The van der Waals surface area contributed by atoms with Crippen molar-refractivity contribution in [3.8, 4) is 0 Å². The quantitative estimate of drug-likeness (QED) is 0.668. The molecule has 1 aromatic rings. The van der Waals surface area contributed by atoms with Gasteiger partial charge in [0, 0.05) is 36.1 Å². The number of halogens is 2. The lowest BCUT2D eigenvalue weighted by Gasteiger charge is -2.15. The number of carbonyl (C=O) groups excluding carboxylic acids is 2. The Bertz CT molecular complexity index is 509. The first-order chi connectivity index (χ1) is 9.90. The van der Waals surface area contributed by atoms with Crippen LogP contribution in [0.2, 0.25) is 10.0 Å². The molecule has 0 bridgehead atoms. The van der Waals surface area contributed by atoms with Gasteiger partial charge in [-0.25, -0.2) is 0 Å². The minimum atomic E-state index is -0.141. The second-order valence-corrected chi connectivity index (χ2v) is 5.44. The molecule has 0 aliphatic heterocycles. The summed E-state index contributed by atoms with van der Waals surface area (Å²) in [6, 6.07) is 5.19. The molecule has 0 fully saturated rings. The van der Waals surface area contributed by atoms with Gasteiger partial charge in [-0.15, -0.1) is 0 Å². The summed E-state index contributed by atoms with van der Waals surface area (Å²) in [5.74, 6) is -0.259. The Kier molecular flexibility index (Phi) is 7.50. The van der Waals surface area contributed by atoms with Crippen molar-refractivity contribution < 1.29 is 9.59 Å². The van der Waals surface area contributed by atoms with E-state index in [4.69, 9.17) is 23.2 Å². The lowest BCUT2D eigenvalue weighted by molar-refractivity contribution is -0.121. The van der Waals surface area contributed by atoms with Crippen molar-refractivity contribution in [2.24, 2.45) is 0 Å². The molecule has 1 aromatic carbocycles. The van der Waals surface area contributed by atoms with Crippen molar-refractivity contribution in [1.29, 1.82) is 0 Å². The maximum absolute atomic E-state index is 11.6. The predicted molar refractivity (Wildman–Crippen MR) is 84.6 cm³/mol. The standard InChI is InChI=1S/C14H19Cl2N3O2/c1-9(12-4-3-11(15)7-13(12)16)19-8-14(21)18-6-5-17-10(2)20/h3-4,7,9,19H,5-6,8H2,1-2H3,(H,17,20)(H,18,21). The van der Waals surface area contributed by atoms with Crippen molar-refractivity contribution >= 4 is 35.0 Å². The average molecular weight is 332 g/mol. The second-order valence-electron chi connectivity index (χ2n) is 4.60. The van der Waals surface area contributed by atoms with Crippen LogP contribution in [0.1, 0.15) is 25.5 Å². The van der Waals surface area contributed by atoms with Crippen molar-refractivity contribution in [2.75, 3.05) is 19.6 Å². The molecule has 3 N–H and O–H groups in total. The molecule has 0 aliphatic rings. The molecule has 5 nitrogen and oxygen atoms in total. The lowest BCUT2D eigenvalue weighted by atomic mass is 10.1. The van der Waals surface area contributed by atoms with Gasteiger partial charge in [0.15, 0.2) is 0 Å². The third-order valence-corrected chi connectivity index (χ3v) is 3.38. The van der Waals surface area contributed by atoms with E-state index in [9.17, 15) is 9.59 Å². The van der Waals surface area contributed by atoms with E-state index >= 15 is 0 Å². The fourth-order valence-electron chi connectivity index (χ4n) is 1.71. The highest BCUT2D eigenvalue weighted by Gasteiger charge is 2.11. The summed E-state index contributed by atoms with van der Waals surface area (Å²) >= 11 is 11.9. The maximum atomic E-state index is 11.6. The fraction of sp³-hybridized carbons (Fsp3) is 0.429. The molecule has 116 valence electrons. The van der Waals surface area contributed by atoms with E-state index in [1.807, 2.05) is 13.0 Å². The van der Waals surface area contributed by atoms with Crippen molar-refractivity contribution in [3.05, 3.63) is 33.8 Å². The molecular weight excluding hydrogens is 313 g/mol. The molecule has 0 radical (unpaired) electrons. The summed E-state index contributed by atoms with van der Waals surface area (Å²) in [7, 11) is 0. The smallest absolute Gasteiger partial charge is 0.234 e. The summed E-state index contributed by atoms with van der Waals surface area (Å²) in [4.78, 5) is 22.3. The van der Waals surface area contributed by atoms with Crippen LogP contribution in [0.3, 0.4) is 0 Å². The highest BCUT2D eigenvalue weighted by molar-refractivity contribution is 6.35. The van der Waals surface area contributed by atoms with Gasteiger partial charge in [0.25, 0.3) is 0 Å². The van der Waals surface area contributed by atoms with Gasteiger partial charge in [-0.2, -0.15) is 0 Å². The number of nitrogens with one attached hydrogen (secondary N) is 3. The Hall–Kier alpha value is -1.30. The van der Waals surface area contributed by atoms with Crippen molar-refractivity contribution in [1.82, 2.24) is 16.0 Å². The summed E-state index contributed by atoms with van der Waals surface area (Å²) in [5.41, 5.74) is 0.882. The number of amides is 2. The minimum Gasteiger partial charge on any atom is -0.355 e. The molecule has 0 aliphatic carbocycles. The first-order valence-corrected chi connectivity index (χ1v) is 7.35. The van der Waals surface area contributed by atoms with Gasteiger partial charge in [0.1, 0.15) is 0 Å². The zero-order chi connectivity index (χ0) is 15.8. The molecule has 21 heavy (non-hydrogen) atoms. The minimum absolute atomic E-state index is 0.0733. The summed E-state index contributed by atoms with van der Waals surface area (Å²) in [6.07, 6.45) is 0. The Morgan fingerprint density at radius 1 is 1.19 bits per heavy atom. The van der Waals surface area contributed by atoms with Crippen LogP contribution in [-0.2, 0) is 9.59 Å². The fourth-order valence-corrected chi connectivity index (χ4v) is 2.28. The van der Waals surface area contributed by atoms with Gasteiger partial charge in [-0.05, 0) is 24.6 Å². The Labute approximate surface area is 134 Å². The van der Waals surface area contributed by atoms with Gasteiger partial charge in [0.05, 0.1) is 6.54 Å². The Morgan fingerprint density at radius 2 is 1.86 bits per heavy atom. The van der Waals surface area contributed by atoms with Crippen LogP contribution < -0.4 is 16.0 Å². The largest absolute Gasteiger partial charge is 0.355 e. The maximum Gasteiger partial charge on any atom is 0.234 e. The van der Waals surface area contributed by atoms with E-state index < -0.39 is 0 Å². The molecule has 1 atom stereocenters. The van der Waals surface area contributed by atoms with Crippen LogP contribution in [0.15, 0.2) is 18.2 Å². The third kappa shape index (κ3) is 6.80. The van der Waals surface area contributed by atoms with E-state index in [-0.39, 0.29) is 24.4 Å². The molecule has 0 aromatic heterocycles. The summed E-state index contributed by atoms with van der Waals surface area (Å²) in [5, 5.41) is 9.52. The van der Waals surface area contributed by atoms with E-state index in [1.54, 1.807) is 12.1 Å². The highest BCUT2D eigenvalue weighted by atomic mass is 35.5. The number of benzene rings is 1. The topological polar surface area (TPSA) is 70.2 Å². The zero-order valence-corrected chi connectivity index (χ0v) is 13.5. The number of hydrogen-bond acceptors (Lipinski definition) is 3. The first-order valence-electron chi connectivity index (χ1n) is 6.59. The second kappa shape index (κ2) is 8.87. The molecule has 2 amide bonds. The first kappa shape index (κ1) is 17.8. The van der Waals surface area contributed by atoms with Crippen LogP contribution in [0.25, 0.3) is 0 Å². The van der Waals surface area contributed by atoms with Gasteiger partial charge in [0.2, 0.25) is 11.8 Å². The highest BCUT2D eigenvalue weighted by Crippen LogP contribution is 2.25. The lowest BCUT2D eigenvalue weighted by Crippen LogP contribution is -2.39. The molecular formula is C14H19Cl2N3O2. The molecule has 1 rings (SSSR count). The average Bonchev–Trinajstić information content (AvgIpc) is 2.40. The van der Waals surface area contributed by atoms with Crippen molar-refractivity contribution in [3.63, 3.8) is 0 Å². The van der Waals surface area contributed by atoms with Gasteiger partial charge >= 0.3 is 0 Å². The van der Waals surface area contributed by atoms with E-state index in [0.29, 0.717) is 23.1 Å². The van der Waals surface area contributed by atoms with Crippen LogP contribution in [-0.4, -0.2) is 31.4 Å². The van der Waals surface area contributed by atoms with E-state index in [1.165, 1.54) is 6.92 Å². The Morgan fingerprint density at radius 3 is 2.48 bits per heavy atom. The van der Waals surface area contributed by atoms with E-state index in [2.05, 4.69) is 16.0 Å². The number of hydrogen-bond donors (Lipinski definition) is 3. The normalized spacial score (nSPS) is 11.8. The third-order valence-electron chi connectivity index (χ3n) is 2.82. The monoisotopic (exact) mass is 331 g/mol. The van der Waals surface area contributed by atoms with E-state index in [0.717, 1.165) is 5.56 Å². The molecule has 0 saturated heterocycles. The summed E-state index contributed by atoms with van der Waals surface area (Å²) in [6.45, 7) is 4.33. The number of carbonyl (C=O) groups is 2. The van der Waals surface area contributed by atoms with Crippen LogP contribution in [0.5, 0.6) is 0 Å². The van der Waals surface area contributed by atoms with Gasteiger partial charge < -0.3 is 16.0 Å². The predicted octanol–water partition coefficient (Wildman–Crippen LogP) is 1.90. The van der Waals surface area contributed by atoms with Crippen LogP contribution >= 0.6 is 23.2 Å². The zero-order valence-electron chi connectivity index (χ0n) is 12.0. The van der Waals surface area contributed by atoms with Crippen LogP contribution in [0, 0.1) is 0 Å². The molecule has 0 spiro atoms. The van der Waals surface area contributed by atoms with Crippen LogP contribution in [0.4, 0.5) is 0 Å². The molecule has 1 unspecified atom stereocenters. The number of rotatable bonds is 7. The Balaban J connectivity index is 2.33.